The van der Waals surface area contributed by atoms with Crippen molar-refractivity contribution in [2.24, 2.45) is 11.8 Å². The molecule has 2 fully saturated rings. The highest BCUT2D eigenvalue weighted by Crippen LogP contribution is 2.40. The van der Waals surface area contributed by atoms with Crippen LogP contribution in [0.25, 0.3) is 5.57 Å². The summed E-state index contributed by atoms with van der Waals surface area (Å²) in [5, 5.41) is 23.2. The van der Waals surface area contributed by atoms with Crippen molar-refractivity contribution in [2.45, 2.75) is 32.4 Å². The minimum Gasteiger partial charge on any atom is -0.454 e. The highest BCUT2D eigenvalue weighted by atomic mass is 16.7. The van der Waals surface area contributed by atoms with E-state index in [4.69, 9.17) is 14.9 Å². The van der Waals surface area contributed by atoms with Crippen molar-refractivity contribution in [1.82, 2.24) is 20.4 Å². The first-order chi connectivity index (χ1) is 15.6. The molecule has 0 radical (unpaired) electrons. The number of allylic oxidation sites excluding steroid dienone is 1. The van der Waals surface area contributed by atoms with E-state index < -0.39 is 0 Å². The second-order valence-corrected chi connectivity index (χ2v) is 8.99. The molecule has 0 amide bonds. The normalized spacial score (nSPS) is 24.4. The maximum absolute atomic E-state index is 7.91. The van der Waals surface area contributed by atoms with Crippen molar-refractivity contribution >= 4 is 17.1 Å². The van der Waals surface area contributed by atoms with Gasteiger partial charge in [-0.15, -0.1) is 10.2 Å². The summed E-state index contributed by atoms with van der Waals surface area (Å²) in [5.74, 6) is 3.96. The molecule has 2 aliphatic heterocycles. The molecule has 3 N–H and O–H groups in total. The van der Waals surface area contributed by atoms with Gasteiger partial charge in [0.1, 0.15) is 5.82 Å². The van der Waals surface area contributed by atoms with Gasteiger partial charge in [0.25, 0.3) is 0 Å². The largest absolute Gasteiger partial charge is 0.454 e. The van der Waals surface area contributed by atoms with Gasteiger partial charge >= 0.3 is 0 Å². The summed E-state index contributed by atoms with van der Waals surface area (Å²) in [6, 6.07) is 10.6. The number of ether oxygens (including phenoxy) is 2. The Balaban J connectivity index is 1.14. The Morgan fingerprint density at radius 1 is 1.12 bits per heavy atom. The molecule has 1 aromatic heterocycles. The summed E-state index contributed by atoms with van der Waals surface area (Å²) in [7, 11) is 1.82. The smallest absolute Gasteiger partial charge is 0.231 e. The fraction of sp³-hybridized carbons (Fsp3) is 0.458. The van der Waals surface area contributed by atoms with Gasteiger partial charge < -0.3 is 25.5 Å². The molecular weight excluding hydrogens is 404 g/mol. The molecule has 0 spiro atoms. The lowest BCUT2D eigenvalue weighted by atomic mass is 10.0. The Morgan fingerprint density at radius 3 is 2.59 bits per heavy atom. The van der Waals surface area contributed by atoms with E-state index in [0.29, 0.717) is 24.2 Å². The minimum atomic E-state index is 0.324. The predicted molar refractivity (Wildman–Crippen MR) is 124 cm³/mol. The third kappa shape index (κ3) is 4.27. The molecule has 0 bridgehead atoms. The molecule has 2 atom stereocenters. The van der Waals surface area contributed by atoms with Crippen LogP contribution in [-0.2, 0) is 6.54 Å². The quantitative estimate of drug-likeness (QED) is 0.576. The number of hydrogen-bond acceptors (Lipinski definition) is 8. The molecule has 5 rings (SSSR count). The van der Waals surface area contributed by atoms with Crippen LogP contribution in [0.15, 0.2) is 36.5 Å². The van der Waals surface area contributed by atoms with E-state index in [9.17, 15) is 0 Å². The number of likely N-dealkylation sites (tertiary alicyclic amines) is 1. The molecule has 8 heteroatoms. The van der Waals surface area contributed by atoms with Crippen molar-refractivity contribution in [2.75, 3.05) is 32.2 Å². The van der Waals surface area contributed by atoms with Crippen LogP contribution in [0.2, 0.25) is 0 Å². The van der Waals surface area contributed by atoms with Gasteiger partial charge in [-0.2, -0.15) is 0 Å². The molecule has 32 heavy (non-hydrogen) atoms. The van der Waals surface area contributed by atoms with E-state index in [0.717, 1.165) is 67.2 Å². The molecule has 2 aromatic rings. The minimum absolute atomic E-state index is 0.324. The first-order valence-corrected chi connectivity index (χ1v) is 11.2. The van der Waals surface area contributed by atoms with Gasteiger partial charge in [-0.1, -0.05) is 6.07 Å². The molecule has 2 unspecified atom stereocenters. The van der Waals surface area contributed by atoms with Gasteiger partial charge in [-0.25, -0.2) is 0 Å². The van der Waals surface area contributed by atoms with Crippen LogP contribution in [-0.4, -0.2) is 53.8 Å². The third-order valence-electron chi connectivity index (χ3n) is 6.65. The van der Waals surface area contributed by atoms with E-state index in [1.54, 1.807) is 13.1 Å². The highest BCUT2D eigenvalue weighted by Gasteiger charge is 2.40. The summed E-state index contributed by atoms with van der Waals surface area (Å²) in [5.41, 5.74) is 3.21. The van der Waals surface area contributed by atoms with Crippen molar-refractivity contribution in [3.63, 3.8) is 0 Å². The fourth-order valence-electron chi connectivity index (χ4n) is 5.22. The van der Waals surface area contributed by atoms with Crippen molar-refractivity contribution in [1.29, 1.82) is 5.41 Å². The first kappa shape index (κ1) is 20.8. The SMILES string of the molecule is CN/C=C(\C(C)=N)c1ccc(NC2CC3CN(Cc4ccc5c(c4)OCO5)CC3C2)nn1. The maximum Gasteiger partial charge on any atom is 0.231 e. The first-order valence-electron chi connectivity index (χ1n) is 11.2. The molecular formula is C24H30N6O2. The zero-order chi connectivity index (χ0) is 22.1. The Hall–Kier alpha value is -3.13. The van der Waals surface area contributed by atoms with Crippen LogP contribution < -0.4 is 20.1 Å². The average molecular weight is 435 g/mol. The molecule has 1 aromatic carbocycles. The van der Waals surface area contributed by atoms with Gasteiger partial charge in [-0.3, -0.25) is 4.90 Å². The summed E-state index contributed by atoms with van der Waals surface area (Å²) in [6.45, 7) is 5.31. The summed E-state index contributed by atoms with van der Waals surface area (Å²) in [4.78, 5) is 2.56. The Morgan fingerprint density at radius 2 is 1.91 bits per heavy atom. The molecule has 8 nitrogen and oxygen atoms in total. The van der Waals surface area contributed by atoms with Crippen LogP contribution in [0.1, 0.15) is 31.0 Å². The van der Waals surface area contributed by atoms with Crippen LogP contribution in [0.4, 0.5) is 5.82 Å². The monoisotopic (exact) mass is 434 g/mol. The number of aromatic nitrogens is 2. The molecule has 168 valence electrons. The van der Waals surface area contributed by atoms with E-state index in [1.807, 2.05) is 25.2 Å². The topological polar surface area (TPSA) is 95.4 Å². The van der Waals surface area contributed by atoms with Gasteiger partial charge in [0.2, 0.25) is 6.79 Å². The molecule has 1 saturated heterocycles. The van der Waals surface area contributed by atoms with E-state index >= 15 is 0 Å². The number of rotatable bonds is 7. The molecule has 1 saturated carbocycles. The van der Waals surface area contributed by atoms with Crippen LogP contribution >= 0.6 is 0 Å². The molecule has 1 aliphatic carbocycles. The van der Waals surface area contributed by atoms with E-state index in [1.165, 1.54) is 5.56 Å². The second-order valence-electron chi connectivity index (χ2n) is 8.99. The molecule has 3 heterocycles. The van der Waals surface area contributed by atoms with Crippen molar-refractivity contribution in [3.8, 4) is 11.5 Å². The van der Waals surface area contributed by atoms with Crippen molar-refractivity contribution < 1.29 is 9.47 Å². The van der Waals surface area contributed by atoms with Crippen molar-refractivity contribution in [3.05, 3.63) is 47.8 Å². The van der Waals surface area contributed by atoms with Crippen LogP contribution in [0, 0.1) is 17.2 Å². The van der Waals surface area contributed by atoms with Crippen LogP contribution in [0.3, 0.4) is 0 Å². The number of fused-ring (bicyclic) bond motifs is 2. The summed E-state index contributed by atoms with van der Waals surface area (Å²) < 4.78 is 10.9. The standard InChI is InChI=1S/C24H30N6O2/c1-15(25)20(10-26-2)21-4-6-24(29-28-21)27-19-8-17-12-30(13-18(17)9-19)11-16-3-5-22-23(7-16)32-14-31-22/h3-7,10,17-19,25-26H,8-9,11-14H2,1-2H3,(H,27,29)/b20-10+,25-15?. The van der Waals surface area contributed by atoms with Gasteiger partial charge in [-0.05, 0) is 61.4 Å². The number of hydrogen-bond donors (Lipinski definition) is 3. The number of benzene rings is 1. The lowest BCUT2D eigenvalue weighted by Crippen LogP contribution is -2.25. The third-order valence-corrected chi connectivity index (χ3v) is 6.65. The number of nitrogens with zero attached hydrogens (tertiary/aromatic N) is 3. The van der Waals surface area contributed by atoms with E-state index in [2.05, 4.69) is 37.9 Å². The zero-order valence-electron chi connectivity index (χ0n) is 18.6. The van der Waals surface area contributed by atoms with Crippen LogP contribution in [0.5, 0.6) is 11.5 Å². The van der Waals surface area contributed by atoms with Gasteiger partial charge in [0, 0.05) is 50.2 Å². The lowest BCUT2D eigenvalue weighted by Gasteiger charge is -2.20. The second kappa shape index (κ2) is 8.78. The molecule has 3 aliphatic rings. The Kier molecular flexibility index (Phi) is 5.70. The van der Waals surface area contributed by atoms with Gasteiger partial charge in [0.15, 0.2) is 11.5 Å². The predicted octanol–water partition coefficient (Wildman–Crippen LogP) is 3.13. The summed E-state index contributed by atoms with van der Waals surface area (Å²) >= 11 is 0. The highest BCUT2D eigenvalue weighted by molar-refractivity contribution is 6.20. The average Bonchev–Trinajstić information content (AvgIpc) is 3.47. The maximum atomic E-state index is 7.91. The lowest BCUT2D eigenvalue weighted by molar-refractivity contribution is 0.174. The van der Waals surface area contributed by atoms with Gasteiger partial charge in [0.05, 0.1) is 5.69 Å². The Labute approximate surface area is 188 Å². The number of nitrogens with one attached hydrogen (secondary N) is 3. The van der Waals surface area contributed by atoms with E-state index in [-0.39, 0.29) is 0 Å². The zero-order valence-corrected chi connectivity index (χ0v) is 18.6. The summed E-state index contributed by atoms with van der Waals surface area (Å²) in [6.07, 6.45) is 4.11. The fourth-order valence-corrected chi connectivity index (χ4v) is 5.22. The number of anilines is 1. The Bertz CT molecular complexity index is 1010.